The van der Waals surface area contributed by atoms with Crippen molar-refractivity contribution in [2.75, 3.05) is 18.6 Å². The van der Waals surface area contributed by atoms with Crippen LogP contribution < -0.4 is 21.2 Å². The van der Waals surface area contributed by atoms with Crippen molar-refractivity contribution in [3.05, 3.63) is 24.3 Å². The van der Waals surface area contributed by atoms with E-state index in [-0.39, 0.29) is 11.6 Å². The summed E-state index contributed by atoms with van der Waals surface area (Å²) in [6.45, 7) is 2.24. The number of hydrazone groups is 1. The Morgan fingerprint density at radius 3 is 2.67 bits per heavy atom. The van der Waals surface area contributed by atoms with Crippen LogP contribution in [0.2, 0.25) is 0 Å². The summed E-state index contributed by atoms with van der Waals surface area (Å²) in [5.74, 6) is 0.139. The van der Waals surface area contributed by atoms with E-state index in [9.17, 15) is 4.79 Å². The molecule has 0 fully saturated rings. The van der Waals surface area contributed by atoms with Crippen molar-refractivity contribution >= 4 is 23.1 Å². The molecule has 0 spiro atoms. The van der Waals surface area contributed by atoms with Gasteiger partial charge in [-0.15, -0.1) is 0 Å². The summed E-state index contributed by atoms with van der Waals surface area (Å²) in [4.78, 5) is 10.7. The zero-order valence-corrected chi connectivity index (χ0v) is 11.5. The highest BCUT2D eigenvalue weighted by Gasteiger charge is 2.01. The van der Waals surface area contributed by atoms with Gasteiger partial charge in [0.25, 0.3) is 0 Å². The Kier molecular flexibility index (Phi) is 6.21. The van der Waals surface area contributed by atoms with E-state index >= 15 is 0 Å². The second-order valence-electron chi connectivity index (χ2n) is 3.95. The predicted molar refractivity (Wildman–Crippen MR) is 79.2 cm³/mol. The molecular weight excluding hydrogens is 272 g/mol. The van der Waals surface area contributed by atoms with Gasteiger partial charge in [-0.1, -0.05) is 0 Å². The molecule has 8 nitrogen and oxygen atoms in total. The molecular formula is C13H16N6O2. The molecule has 1 amide bonds. The van der Waals surface area contributed by atoms with E-state index in [4.69, 9.17) is 21.1 Å². The number of benzene rings is 1. The number of nitrogens with one attached hydrogen (secondary N) is 3. The summed E-state index contributed by atoms with van der Waals surface area (Å²) in [5, 5.41) is 22.1. The molecule has 1 aromatic carbocycles. The summed E-state index contributed by atoms with van der Waals surface area (Å²) in [5.41, 5.74) is 8.22. The fourth-order valence-electron chi connectivity index (χ4n) is 1.29. The number of rotatable bonds is 7. The number of hydrogen-bond donors (Lipinski definition) is 4. The lowest BCUT2D eigenvalue weighted by atomic mass is 10.3. The Morgan fingerprint density at radius 1 is 1.48 bits per heavy atom. The molecule has 0 radical (unpaired) electrons. The van der Waals surface area contributed by atoms with E-state index < -0.39 is 5.84 Å². The minimum absolute atomic E-state index is 0.102. The first-order chi connectivity index (χ1) is 10.0. The van der Waals surface area contributed by atoms with E-state index in [0.717, 1.165) is 0 Å². The number of nitriles is 1. The van der Waals surface area contributed by atoms with Crippen molar-refractivity contribution in [3.8, 4) is 11.8 Å². The molecule has 0 atom stereocenters. The summed E-state index contributed by atoms with van der Waals surface area (Å²) in [7, 11) is 0. The number of hydrogen-bond acceptors (Lipinski definition) is 6. The normalized spacial score (nSPS) is 10.4. The van der Waals surface area contributed by atoms with Crippen LogP contribution in [0.4, 0.5) is 5.69 Å². The molecule has 110 valence electrons. The molecule has 0 aromatic heterocycles. The first kappa shape index (κ1) is 16.0. The molecule has 0 bridgehead atoms. The van der Waals surface area contributed by atoms with Gasteiger partial charge in [0.2, 0.25) is 11.6 Å². The second-order valence-corrected chi connectivity index (χ2v) is 3.95. The molecule has 0 saturated carbocycles. The Labute approximate surface area is 122 Å². The molecule has 0 aliphatic heterocycles. The van der Waals surface area contributed by atoms with Crippen LogP contribution in [0.15, 0.2) is 29.4 Å². The third kappa shape index (κ3) is 6.07. The maximum absolute atomic E-state index is 10.7. The summed E-state index contributed by atoms with van der Waals surface area (Å²) in [6.07, 6.45) is 0. The van der Waals surface area contributed by atoms with Gasteiger partial charge in [0.1, 0.15) is 18.4 Å². The van der Waals surface area contributed by atoms with E-state index in [2.05, 4.69) is 15.8 Å². The van der Waals surface area contributed by atoms with Gasteiger partial charge in [-0.3, -0.25) is 15.6 Å². The molecule has 0 aliphatic rings. The molecule has 0 saturated heterocycles. The highest BCUT2D eigenvalue weighted by atomic mass is 16.5. The average Bonchev–Trinajstić information content (AvgIpc) is 2.45. The van der Waals surface area contributed by atoms with Gasteiger partial charge in [-0.2, -0.15) is 10.4 Å². The lowest BCUT2D eigenvalue weighted by molar-refractivity contribution is -0.119. The van der Waals surface area contributed by atoms with E-state index in [0.29, 0.717) is 24.6 Å². The number of amides is 1. The molecule has 21 heavy (non-hydrogen) atoms. The van der Waals surface area contributed by atoms with Crippen molar-refractivity contribution in [1.82, 2.24) is 5.32 Å². The summed E-state index contributed by atoms with van der Waals surface area (Å²) >= 11 is 0. The average molecular weight is 288 g/mol. The predicted octanol–water partition coefficient (Wildman–Crippen LogP) is 0.429. The first-order valence-electron chi connectivity index (χ1n) is 6.08. The molecule has 0 aliphatic carbocycles. The van der Waals surface area contributed by atoms with Crippen molar-refractivity contribution in [2.24, 2.45) is 10.8 Å². The van der Waals surface area contributed by atoms with Crippen LogP contribution in [0.3, 0.4) is 0 Å². The highest BCUT2D eigenvalue weighted by Crippen LogP contribution is 2.15. The number of nitrogens with zero attached hydrogens (tertiary/aromatic N) is 2. The van der Waals surface area contributed by atoms with Gasteiger partial charge in [-0.25, -0.2) is 0 Å². The molecule has 0 unspecified atom stereocenters. The van der Waals surface area contributed by atoms with Crippen molar-refractivity contribution in [2.45, 2.75) is 6.92 Å². The van der Waals surface area contributed by atoms with Gasteiger partial charge < -0.3 is 15.8 Å². The molecule has 8 heteroatoms. The van der Waals surface area contributed by atoms with Gasteiger partial charge in [0.15, 0.2) is 5.84 Å². The fourth-order valence-corrected chi connectivity index (χ4v) is 1.29. The van der Waals surface area contributed by atoms with E-state index in [1.807, 2.05) is 0 Å². The van der Waals surface area contributed by atoms with Crippen LogP contribution in [-0.2, 0) is 4.79 Å². The van der Waals surface area contributed by atoms with Gasteiger partial charge in [0.05, 0.1) is 12.2 Å². The lowest BCUT2D eigenvalue weighted by Crippen LogP contribution is -2.25. The van der Waals surface area contributed by atoms with E-state index in [1.54, 1.807) is 30.3 Å². The minimum atomic E-state index is -0.400. The molecule has 1 rings (SSSR count). The Bertz CT molecular complexity index is 573. The number of anilines is 1. The Morgan fingerprint density at radius 2 is 2.14 bits per heavy atom. The lowest BCUT2D eigenvalue weighted by Gasteiger charge is -2.07. The number of ether oxygens (including phenoxy) is 1. The van der Waals surface area contributed by atoms with Crippen LogP contribution in [-0.4, -0.2) is 30.6 Å². The Hall–Kier alpha value is -3.08. The number of carbonyl (C=O) groups excluding carboxylic acids is 1. The van der Waals surface area contributed by atoms with Gasteiger partial charge >= 0.3 is 0 Å². The van der Waals surface area contributed by atoms with Crippen LogP contribution in [0, 0.1) is 16.7 Å². The maximum atomic E-state index is 10.7. The third-order valence-electron chi connectivity index (χ3n) is 2.26. The summed E-state index contributed by atoms with van der Waals surface area (Å²) in [6, 6.07) is 8.53. The van der Waals surface area contributed by atoms with E-state index in [1.165, 1.54) is 6.92 Å². The topological polar surface area (TPSA) is 136 Å². The van der Waals surface area contributed by atoms with Crippen molar-refractivity contribution < 1.29 is 9.53 Å². The standard InChI is InChI=1S/C13H16N6O2/c1-9(20)17-6-7-21-11-4-2-10(3-5-11)18-19-12(8-14)13(15)16/h2-5,18H,6-7H2,1H3,(H3,15,16)(H,17,20)/b19-12+. The molecule has 0 heterocycles. The molecule has 1 aromatic rings. The number of amidine groups is 1. The van der Waals surface area contributed by atoms with Crippen LogP contribution in [0.5, 0.6) is 5.75 Å². The monoisotopic (exact) mass is 288 g/mol. The van der Waals surface area contributed by atoms with Gasteiger partial charge in [0, 0.05) is 6.92 Å². The zero-order chi connectivity index (χ0) is 15.7. The zero-order valence-electron chi connectivity index (χ0n) is 11.5. The summed E-state index contributed by atoms with van der Waals surface area (Å²) < 4.78 is 5.41. The Balaban J connectivity index is 2.49. The van der Waals surface area contributed by atoms with Crippen LogP contribution in [0.25, 0.3) is 0 Å². The smallest absolute Gasteiger partial charge is 0.216 e. The number of nitrogens with two attached hydrogens (primary N) is 1. The van der Waals surface area contributed by atoms with Crippen LogP contribution >= 0.6 is 0 Å². The van der Waals surface area contributed by atoms with Crippen molar-refractivity contribution in [3.63, 3.8) is 0 Å². The largest absolute Gasteiger partial charge is 0.492 e. The van der Waals surface area contributed by atoms with Gasteiger partial charge in [-0.05, 0) is 24.3 Å². The fraction of sp³-hybridized carbons (Fsp3) is 0.231. The number of carbonyl (C=O) groups is 1. The third-order valence-corrected chi connectivity index (χ3v) is 2.26. The molecule has 5 N–H and O–H groups in total. The van der Waals surface area contributed by atoms with Crippen LogP contribution in [0.1, 0.15) is 6.92 Å². The maximum Gasteiger partial charge on any atom is 0.216 e. The van der Waals surface area contributed by atoms with Crippen molar-refractivity contribution in [1.29, 1.82) is 10.7 Å². The first-order valence-corrected chi connectivity index (χ1v) is 6.08. The second kappa shape index (κ2) is 8.16. The highest BCUT2D eigenvalue weighted by molar-refractivity contribution is 6.45. The minimum Gasteiger partial charge on any atom is -0.492 e. The quantitative estimate of drug-likeness (QED) is 0.249. The SMILES string of the molecule is CC(=O)NCCOc1ccc(N/N=C(\C#N)C(=N)N)cc1.